The van der Waals surface area contributed by atoms with E-state index in [0.717, 1.165) is 31.3 Å². The fraction of sp³-hybridized carbons (Fsp3) is 0.259. The van der Waals surface area contributed by atoms with Crippen LogP contribution >= 0.6 is 0 Å². The molecule has 0 spiro atoms. The van der Waals surface area contributed by atoms with Gasteiger partial charge in [-0.3, -0.25) is 24.1 Å². The predicted octanol–water partition coefficient (Wildman–Crippen LogP) is 4.09. The van der Waals surface area contributed by atoms with Gasteiger partial charge in [-0.25, -0.2) is 0 Å². The molecule has 0 aliphatic carbocycles. The molecule has 0 aromatic heterocycles. The highest BCUT2D eigenvalue weighted by Gasteiger charge is 2.32. The Labute approximate surface area is 197 Å². The van der Waals surface area contributed by atoms with Crippen molar-refractivity contribution in [2.75, 3.05) is 25.0 Å². The molecule has 0 atom stereocenters. The van der Waals surface area contributed by atoms with Gasteiger partial charge in [0.25, 0.3) is 17.7 Å². The van der Waals surface area contributed by atoms with Crippen molar-refractivity contribution in [2.24, 2.45) is 0 Å². The number of imide groups is 1. The normalized spacial score (nSPS) is 15.2. The van der Waals surface area contributed by atoms with Crippen LogP contribution in [0, 0.1) is 0 Å². The number of hydrogen-bond donors (Lipinski definition) is 1. The average Bonchev–Trinajstić information content (AvgIpc) is 3.39. The molecule has 3 aromatic carbocycles. The van der Waals surface area contributed by atoms with Crippen LogP contribution in [0.4, 0.5) is 5.69 Å². The quantitative estimate of drug-likeness (QED) is 0.567. The molecule has 7 heteroatoms. The summed E-state index contributed by atoms with van der Waals surface area (Å²) >= 11 is 0. The zero-order valence-electron chi connectivity index (χ0n) is 18.8. The summed E-state index contributed by atoms with van der Waals surface area (Å²) < 4.78 is 0. The highest BCUT2D eigenvalue weighted by Crippen LogP contribution is 2.30. The summed E-state index contributed by atoms with van der Waals surface area (Å²) in [5.74, 6) is -1.01. The van der Waals surface area contributed by atoms with Crippen LogP contribution in [-0.2, 0) is 4.79 Å². The van der Waals surface area contributed by atoms with Crippen LogP contribution in [-0.4, -0.2) is 53.1 Å². The summed E-state index contributed by atoms with van der Waals surface area (Å²) in [4.78, 5) is 54.5. The highest BCUT2D eigenvalue weighted by atomic mass is 16.2. The number of anilines is 1. The van der Waals surface area contributed by atoms with Gasteiger partial charge < -0.3 is 10.2 Å². The van der Waals surface area contributed by atoms with E-state index in [1.807, 2.05) is 24.3 Å². The summed E-state index contributed by atoms with van der Waals surface area (Å²) in [5, 5.41) is 4.38. The topological polar surface area (TPSA) is 86.8 Å². The fourth-order valence-corrected chi connectivity index (χ4v) is 4.76. The minimum absolute atomic E-state index is 0.0780. The van der Waals surface area contributed by atoms with Crippen molar-refractivity contribution in [2.45, 2.75) is 25.7 Å². The molecule has 0 saturated carbocycles. The van der Waals surface area contributed by atoms with Gasteiger partial charge in [0.05, 0.1) is 11.3 Å². The smallest absolute Gasteiger partial charge is 0.261 e. The molecule has 34 heavy (non-hydrogen) atoms. The maximum Gasteiger partial charge on any atom is 0.261 e. The van der Waals surface area contributed by atoms with Gasteiger partial charge >= 0.3 is 0 Å². The van der Waals surface area contributed by atoms with E-state index >= 15 is 0 Å². The molecule has 1 saturated heterocycles. The summed E-state index contributed by atoms with van der Waals surface area (Å²) in [5.41, 5.74) is 1.97. The summed E-state index contributed by atoms with van der Waals surface area (Å²) in [6.45, 7) is 1.61. The van der Waals surface area contributed by atoms with Gasteiger partial charge in [0, 0.05) is 42.6 Å². The first-order valence-corrected chi connectivity index (χ1v) is 11.6. The third-order valence-corrected chi connectivity index (χ3v) is 6.47. The number of carbonyl (C=O) groups excluding carboxylic acids is 4. The van der Waals surface area contributed by atoms with Gasteiger partial charge in [-0.2, -0.15) is 0 Å². The number of nitrogens with zero attached hydrogens (tertiary/aromatic N) is 2. The van der Waals surface area contributed by atoms with Crippen molar-refractivity contribution in [3.05, 3.63) is 77.4 Å². The number of rotatable bonds is 6. The van der Waals surface area contributed by atoms with Gasteiger partial charge in [0.1, 0.15) is 0 Å². The van der Waals surface area contributed by atoms with Gasteiger partial charge in [0.15, 0.2) is 0 Å². The number of likely N-dealkylation sites (tertiary alicyclic amines) is 1. The Morgan fingerprint density at radius 1 is 0.824 bits per heavy atom. The minimum Gasteiger partial charge on any atom is -0.339 e. The fourth-order valence-electron chi connectivity index (χ4n) is 4.76. The van der Waals surface area contributed by atoms with E-state index in [9.17, 15) is 19.2 Å². The molecule has 4 amide bonds. The molecule has 2 heterocycles. The van der Waals surface area contributed by atoms with Gasteiger partial charge in [-0.1, -0.05) is 36.4 Å². The number of carbonyl (C=O) groups is 4. The van der Waals surface area contributed by atoms with E-state index in [4.69, 9.17) is 0 Å². The van der Waals surface area contributed by atoms with Crippen molar-refractivity contribution in [3.63, 3.8) is 0 Å². The molecule has 2 aliphatic rings. The van der Waals surface area contributed by atoms with Crippen molar-refractivity contribution >= 4 is 40.1 Å². The minimum atomic E-state index is -0.337. The third-order valence-electron chi connectivity index (χ3n) is 6.47. The summed E-state index contributed by atoms with van der Waals surface area (Å²) in [6, 6.07) is 17.8. The molecule has 2 aliphatic heterocycles. The molecule has 3 aromatic rings. The van der Waals surface area contributed by atoms with Crippen LogP contribution in [0.15, 0.2) is 60.7 Å². The standard InChI is InChI=1S/C27H25N3O4/c31-23(28-22-13-2-1-10-19(22)25(32)29-15-3-4-16-29)14-7-17-30-26(33)20-11-5-8-18-9-6-12-21(24(18)20)27(30)34/h1-2,5-6,8-13H,3-4,7,14-17H2,(H,28,31). The van der Waals surface area contributed by atoms with Crippen molar-refractivity contribution in [1.29, 1.82) is 0 Å². The van der Waals surface area contributed by atoms with E-state index in [1.54, 1.807) is 41.3 Å². The van der Waals surface area contributed by atoms with Crippen LogP contribution in [0.5, 0.6) is 0 Å². The largest absolute Gasteiger partial charge is 0.339 e. The monoisotopic (exact) mass is 455 g/mol. The Bertz CT molecular complexity index is 1260. The molecular formula is C27H25N3O4. The zero-order chi connectivity index (χ0) is 23.7. The van der Waals surface area contributed by atoms with Gasteiger partial charge in [-0.05, 0) is 48.9 Å². The van der Waals surface area contributed by atoms with Crippen LogP contribution in [0.1, 0.15) is 56.8 Å². The Kier molecular flexibility index (Phi) is 5.84. The van der Waals surface area contributed by atoms with Crippen molar-refractivity contribution in [3.8, 4) is 0 Å². The van der Waals surface area contributed by atoms with E-state index < -0.39 is 0 Å². The van der Waals surface area contributed by atoms with E-state index in [2.05, 4.69) is 5.32 Å². The molecule has 172 valence electrons. The molecule has 0 unspecified atom stereocenters. The first kappa shape index (κ1) is 21.8. The molecular weight excluding hydrogens is 430 g/mol. The lowest BCUT2D eigenvalue weighted by atomic mass is 9.94. The molecule has 1 fully saturated rings. The van der Waals surface area contributed by atoms with E-state index in [-0.39, 0.29) is 36.6 Å². The Balaban J connectivity index is 1.23. The number of benzene rings is 3. The summed E-state index contributed by atoms with van der Waals surface area (Å²) in [7, 11) is 0. The molecule has 7 nitrogen and oxygen atoms in total. The van der Waals surface area contributed by atoms with Crippen LogP contribution in [0.2, 0.25) is 0 Å². The first-order chi connectivity index (χ1) is 16.5. The lowest BCUT2D eigenvalue weighted by molar-refractivity contribution is -0.116. The first-order valence-electron chi connectivity index (χ1n) is 11.6. The maximum atomic E-state index is 13.0. The third kappa shape index (κ3) is 3.94. The second-order valence-corrected chi connectivity index (χ2v) is 8.67. The lowest BCUT2D eigenvalue weighted by Gasteiger charge is -2.27. The van der Waals surface area contributed by atoms with Crippen molar-refractivity contribution in [1.82, 2.24) is 9.80 Å². The number of hydrogen-bond acceptors (Lipinski definition) is 4. The lowest BCUT2D eigenvalue weighted by Crippen LogP contribution is -2.41. The second-order valence-electron chi connectivity index (χ2n) is 8.67. The molecule has 5 rings (SSSR count). The number of nitrogens with one attached hydrogen (secondary N) is 1. The van der Waals surface area contributed by atoms with Crippen LogP contribution < -0.4 is 5.32 Å². The highest BCUT2D eigenvalue weighted by molar-refractivity contribution is 6.25. The Morgan fingerprint density at radius 3 is 2.15 bits per heavy atom. The van der Waals surface area contributed by atoms with Crippen molar-refractivity contribution < 1.29 is 19.2 Å². The van der Waals surface area contributed by atoms with E-state index in [0.29, 0.717) is 34.2 Å². The SMILES string of the molecule is O=C(CCCN1C(=O)c2cccc3cccc(c23)C1=O)Nc1ccccc1C(=O)N1CCCC1. The summed E-state index contributed by atoms with van der Waals surface area (Å²) in [6.07, 6.45) is 2.43. The number of amides is 4. The Hall–Kier alpha value is -4.00. The maximum absolute atomic E-state index is 13.0. The van der Waals surface area contributed by atoms with Crippen LogP contribution in [0.25, 0.3) is 10.8 Å². The second kappa shape index (κ2) is 9.09. The van der Waals surface area contributed by atoms with Gasteiger partial charge in [-0.15, -0.1) is 0 Å². The zero-order valence-corrected chi connectivity index (χ0v) is 18.8. The average molecular weight is 456 g/mol. The molecule has 0 bridgehead atoms. The number of para-hydroxylation sites is 1. The Morgan fingerprint density at radius 2 is 1.47 bits per heavy atom. The van der Waals surface area contributed by atoms with E-state index in [1.165, 1.54) is 4.90 Å². The molecule has 1 N–H and O–H groups in total. The molecule has 0 radical (unpaired) electrons. The van der Waals surface area contributed by atoms with Crippen LogP contribution in [0.3, 0.4) is 0 Å². The predicted molar refractivity (Wildman–Crippen MR) is 129 cm³/mol. The van der Waals surface area contributed by atoms with Gasteiger partial charge in [0.2, 0.25) is 5.91 Å².